The van der Waals surface area contributed by atoms with Crippen LogP contribution in [0.5, 0.6) is 0 Å². The first-order chi connectivity index (χ1) is 10.8. The van der Waals surface area contributed by atoms with Gasteiger partial charge in [-0.15, -0.1) is 35.3 Å². The Morgan fingerprint density at radius 1 is 1.43 bits per heavy atom. The molecule has 0 bridgehead atoms. The summed E-state index contributed by atoms with van der Waals surface area (Å²) in [5.41, 5.74) is 1.18. The van der Waals surface area contributed by atoms with Crippen LogP contribution in [-0.2, 0) is 17.6 Å². The van der Waals surface area contributed by atoms with E-state index in [-0.39, 0.29) is 24.0 Å². The van der Waals surface area contributed by atoms with Crippen LogP contribution in [0.25, 0.3) is 0 Å². The van der Waals surface area contributed by atoms with Crippen LogP contribution in [0.1, 0.15) is 37.4 Å². The third-order valence-corrected chi connectivity index (χ3v) is 4.96. The average Bonchev–Trinajstić information content (AvgIpc) is 3.01. The molecule has 132 valence electrons. The smallest absolute Gasteiger partial charge is 0.193 e. The van der Waals surface area contributed by atoms with Gasteiger partial charge in [0.2, 0.25) is 0 Å². The largest absolute Gasteiger partial charge is 0.378 e. The molecule has 0 aromatic carbocycles. The predicted molar refractivity (Wildman–Crippen MR) is 108 cm³/mol. The molecular formula is C16H29IN4OS. The number of aromatic nitrogens is 1. The minimum Gasteiger partial charge on any atom is -0.378 e. The maximum absolute atomic E-state index is 5.70. The molecular weight excluding hydrogens is 423 g/mol. The van der Waals surface area contributed by atoms with Crippen molar-refractivity contribution in [3.63, 3.8) is 0 Å². The van der Waals surface area contributed by atoms with Crippen molar-refractivity contribution in [1.29, 1.82) is 0 Å². The summed E-state index contributed by atoms with van der Waals surface area (Å²) >= 11 is 1.75. The zero-order chi connectivity index (χ0) is 15.8. The molecule has 0 radical (unpaired) electrons. The molecule has 1 fully saturated rings. The SMILES string of the molecule is CCOC1CCN(C(=NC)NCCc2csc(CC)n2)CC1.I. The minimum absolute atomic E-state index is 0. The lowest BCUT2D eigenvalue weighted by Gasteiger charge is -2.34. The third-order valence-electron chi connectivity index (χ3n) is 3.92. The van der Waals surface area contributed by atoms with Gasteiger partial charge in [-0.2, -0.15) is 0 Å². The van der Waals surface area contributed by atoms with E-state index in [9.17, 15) is 0 Å². The molecule has 1 saturated heterocycles. The Morgan fingerprint density at radius 2 is 2.17 bits per heavy atom. The molecule has 1 aromatic rings. The summed E-state index contributed by atoms with van der Waals surface area (Å²) in [6.45, 7) is 7.93. The van der Waals surface area contributed by atoms with Crippen LogP contribution in [0.15, 0.2) is 10.4 Å². The molecule has 0 amide bonds. The van der Waals surface area contributed by atoms with E-state index in [0.717, 1.165) is 57.9 Å². The Bertz CT molecular complexity index is 472. The van der Waals surface area contributed by atoms with Crippen molar-refractivity contribution in [1.82, 2.24) is 15.2 Å². The number of thiazole rings is 1. The summed E-state index contributed by atoms with van der Waals surface area (Å²) in [6, 6.07) is 0. The average molecular weight is 452 g/mol. The summed E-state index contributed by atoms with van der Waals surface area (Å²) in [5.74, 6) is 1.00. The Hall–Kier alpha value is -0.410. The normalized spacial score (nSPS) is 16.3. The van der Waals surface area contributed by atoms with Crippen LogP contribution < -0.4 is 5.32 Å². The molecule has 0 spiro atoms. The van der Waals surface area contributed by atoms with Gasteiger partial charge in [0.15, 0.2) is 5.96 Å². The second-order valence-corrected chi connectivity index (χ2v) is 6.39. The van der Waals surface area contributed by atoms with Gasteiger partial charge in [-0.05, 0) is 26.2 Å². The van der Waals surface area contributed by atoms with Crippen molar-refractivity contribution in [3.8, 4) is 0 Å². The van der Waals surface area contributed by atoms with Crippen molar-refractivity contribution >= 4 is 41.3 Å². The van der Waals surface area contributed by atoms with Gasteiger partial charge in [0.1, 0.15) is 0 Å². The maximum Gasteiger partial charge on any atom is 0.193 e. The summed E-state index contributed by atoms with van der Waals surface area (Å²) in [7, 11) is 1.86. The van der Waals surface area contributed by atoms with Gasteiger partial charge in [-0.3, -0.25) is 4.99 Å². The van der Waals surface area contributed by atoms with E-state index < -0.39 is 0 Å². The van der Waals surface area contributed by atoms with E-state index in [1.165, 1.54) is 10.7 Å². The molecule has 5 nitrogen and oxygen atoms in total. The lowest BCUT2D eigenvalue weighted by molar-refractivity contribution is 0.0264. The predicted octanol–water partition coefficient (Wildman–Crippen LogP) is 2.94. The molecule has 0 atom stereocenters. The molecule has 7 heteroatoms. The first kappa shape index (κ1) is 20.6. The van der Waals surface area contributed by atoms with Crippen molar-refractivity contribution in [2.45, 2.75) is 45.6 Å². The number of nitrogens with one attached hydrogen (secondary N) is 1. The van der Waals surface area contributed by atoms with Crippen molar-refractivity contribution < 1.29 is 4.74 Å². The monoisotopic (exact) mass is 452 g/mol. The topological polar surface area (TPSA) is 49.8 Å². The molecule has 0 saturated carbocycles. The van der Waals surface area contributed by atoms with Gasteiger partial charge in [0.05, 0.1) is 16.8 Å². The number of halogens is 1. The standard InChI is InChI=1S/C16H28N4OS.HI/c1-4-15-19-13(12-22-15)6-9-18-16(17-3)20-10-7-14(8-11-20)21-5-2;/h12,14H,4-11H2,1-3H3,(H,17,18);1H. The quantitative estimate of drug-likeness (QED) is 0.410. The van der Waals surface area contributed by atoms with Gasteiger partial charge in [-0.1, -0.05) is 6.92 Å². The number of hydrogen-bond donors (Lipinski definition) is 1. The Balaban J connectivity index is 0.00000264. The maximum atomic E-state index is 5.70. The second-order valence-electron chi connectivity index (χ2n) is 5.45. The number of hydrogen-bond acceptors (Lipinski definition) is 4. The van der Waals surface area contributed by atoms with Crippen molar-refractivity contribution in [2.24, 2.45) is 4.99 Å². The fraction of sp³-hybridized carbons (Fsp3) is 0.750. The van der Waals surface area contributed by atoms with Crippen LogP contribution >= 0.6 is 35.3 Å². The van der Waals surface area contributed by atoms with Crippen LogP contribution in [-0.4, -0.2) is 55.2 Å². The van der Waals surface area contributed by atoms with Gasteiger partial charge < -0.3 is 15.0 Å². The number of ether oxygens (including phenoxy) is 1. The fourth-order valence-electron chi connectivity index (χ4n) is 2.73. The molecule has 2 rings (SSSR count). The van der Waals surface area contributed by atoms with E-state index >= 15 is 0 Å². The highest BCUT2D eigenvalue weighted by Gasteiger charge is 2.21. The van der Waals surface area contributed by atoms with Gasteiger partial charge >= 0.3 is 0 Å². The highest BCUT2D eigenvalue weighted by atomic mass is 127. The zero-order valence-corrected chi connectivity index (χ0v) is 17.5. The zero-order valence-electron chi connectivity index (χ0n) is 14.4. The molecule has 1 N–H and O–H groups in total. The van der Waals surface area contributed by atoms with Crippen LogP contribution in [0.3, 0.4) is 0 Å². The van der Waals surface area contributed by atoms with Crippen molar-refractivity contribution in [2.75, 3.05) is 33.3 Å². The minimum atomic E-state index is 0. The molecule has 2 heterocycles. The lowest BCUT2D eigenvalue weighted by Crippen LogP contribution is -2.47. The summed E-state index contributed by atoms with van der Waals surface area (Å²) < 4.78 is 5.70. The lowest BCUT2D eigenvalue weighted by atomic mass is 10.1. The number of guanidine groups is 1. The summed E-state index contributed by atoms with van der Waals surface area (Å²) in [6.07, 6.45) is 4.56. The van der Waals surface area contributed by atoms with Crippen LogP contribution in [0.2, 0.25) is 0 Å². The molecule has 1 aromatic heterocycles. The summed E-state index contributed by atoms with van der Waals surface area (Å²) in [5, 5.41) is 6.84. The molecule has 23 heavy (non-hydrogen) atoms. The highest BCUT2D eigenvalue weighted by molar-refractivity contribution is 14.0. The number of rotatable bonds is 6. The fourth-order valence-corrected chi connectivity index (χ4v) is 3.51. The molecule has 1 aliphatic rings. The Labute approximate surface area is 160 Å². The van der Waals surface area contributed by atoms with E-state index in [1.807, 2.05) is 7.05 Å². The van der Waals surface area contributed by atoms with Gasteiger partial charge in [0, 0.05) is 45.1 Å². The van der Waals surface area contributed by atoms with Gasteiger partial charge in [0.25, 0.3) is 0 Å². The van der Waals surface area contributed by atoms with E-state index in [0.29, 0.717) is 6.10 Å². The van der Waals surface area contributed by atoms with E-state index in [2.05, 4.69) is 39.4 Å². The van der Waals surface area contributed by atoms with E-state index in [4.69, 9.17) is 4.74 Å². The number of aliphatic imine (C=N–C) groups is 1. The molecule has 0 unspecified atom stereocenters. The third kappa shape index (κ3) is 6.54. The summed E-state index contributed by atoms with van der Waals surface area (Å²) in [4.78, 5) is 11.3. The number of nitrogens with zero attached hydrogens (tertiary/aromatic N) is 3. The van der Waals surface area contributed by atoms with Crippen LogP contribution in [0, 0.1) is 0 Å². The van der Waals surface area contributed by atoms with E-state index in [1.54, 1.807) is 11.3 Å². The Morgan fingerprint density at radius 3 is 2.74 bits per heavy atom. The van der Waals surface area contributed by atoms with Crippen molar-refractivity contribution in [3.05, 3.63) is 16.1 Å². The number of aryl methyl sites for hydroxylation is 1. The van der Waals surface area contributed by atoms with Crippen LogP contribution in [0.4, 0.5) is 0 Å². The number of likely N-dealkylation sites (tertiary alicyclic amines) is 1. The Kier molecular flexibility index (Phi) is 10.0. The molecule has 1 aliphatic heterocycles. The first-order valence-corrected chi connectivity index (χ1v) is 9.15. The molecule has 0 aliphatic carbocycles. The first-order valence-electron chi connectivity index (χ1n) is 8.27. The number of piperidine rings is 1. The highest BCUT2D eigenvalue weighted by Crippen LogP contribution is 2.14. The second kappa shape index (κ2) is 11.2. The van der Waals surface area contributed by atoms with Gasteiger partial charge in [-0.25, -0.2) is 4.98 Å².